The number of rotatable bonds is 8. The molecule has 2 aromatic rings. The number of ether oxygens (including phenoxy) is 1. The summed E-state index contributed by atoms with van der Waals surface area (Å²) in [4.78, 5) is 25.1. The van der Waals surface area contributed by atoms with E-state index in [2.05, 4.69) is 6.92 Å². The zero-order valence-corrected chi connectivity index (χ0v) is 15.2. The maximum Gasteiger partial charge on any atom is 0.245 e. The molecule has 2 aromatic heterocycles. The van der Waals surface area contributed by atoms with Crippen LogP contribution in [0.2, 0.25) is 0 Å². The first-order valence-electron chi connectivity index (χ1n) is 8.30. The molecular formula is C18H20O4S2. The smallest absolute Gasteiger partial charge is 0.245 e. The van der Waals surface area contributed by atoms with E-state index in [1.165, 1.54) is 37.0 Å². The quantitative estimate of drug-likeness (QED) is 0.510. The summed E-state index contributed by atoms with van der Waals surface area (Å²) in [7, 11) is 0. The van der Waals surface area contributed by atoms with Crippen LogP contribution in [0.1, 0.15) is 64.8 Å². The van der Waals surface area contributed by atoms with Crippen LogP contribution in [0.5, 0.6) is 10.1 Å². The van der Waals surface area contributed by atoms with E-state index < -0.39 is 11.6 Å². The van der Waals surface area contributed by atoms with Crippen LogP contribution < -0.4 is 4.74 Å². The Morgan fingerprint density at radius 1 is 0.917 bits per heavy atom. The van der Waals surface area contributed by atoms with Crippen molar-refractivity contribution in [3.63, 3.8) is 0 Å². The molecule has 4 nitrogen and oxygen atoms in total. The molecular weight excluding hydrogens is 344 g/mol. The van der Waals surface area contributed by atoms with Crippen molar-refractivity contribution in [2.75, 3.05) is 6.61 Å². The molecule has 128 valence electrons. The highest BCUT2D eigenvalue weighted by atomic mass is 32.1. The summed E-state index contributed by atoms with van der Waals surface area (Å²) in [6.45, 7) is 2.82. The molecule has 3 rings (SSSR count). The van der Waals surface area contributed by atoms with Gasteiger partial charge in [0.05, 0.1) is 16.4 Å². The highest BCUT2D eigenvalue weighted by Crippen LogP contribution is 2.46. The summed E-state index contributed by atoms with van der Waals surface area (Å²) < 4.78 is 5.77. The second kappa shape index (κ2) is 7.49. The number of unbranched alkanes of at least 4 members (excludes halogenated alkanes) is 5. The number of fused-ring (bicyclic) bond motifs is 3. The number of thiophene rings is 2. The van der Waals surface area contributed by atoms with Crippen LogP contribution >= 0.6 is 22.7 Å². The van der Waals surface area contributed by atoms with Crippen LogP contribution in [0, 0.1) is 0 Å². The minimum atomic E-state index is -0.535. The van der Waals surface area contributed by atoms with Crippen LogP contribution in [-0.2, 0) is 0 Å². The number of hydrogen-bond donors (Lipinski definition) is 1. The lowest BCUT2D eigenvalue weighted by atomic mass is 9.96. The molecule has 0 spiro atoms. The molecule has 2 heterocycles. The Bertz CT molecular complexity index is 757. The number of carbonyl (C=O) groups is 2. The van der Waals surface area contributed by atoms with Gasteiger partial charge in [-0.05, 0) is 6.42 Å². The zero-order chi connectivity index (χ0) is 17.1. The molecule has 0 fully saturated rings. The Morgan fingerprint density at radius 2 is 1.54 bits per heavy atom. The Morgan fingerprint density at radius 3 is 2.29 bits per heavy atom. The fourth-order valence-electron chi connectivity index (χ4n) is 2.82. The second-order valence-electron chi connectivity index (χ2n) is 5.91. The lowest BCUT2D eigenvalue weighted by molar-refractivity contribution is 0.0820. The van der Waals surface area contributed by atoms with Gasteiger partial charge in [0.25, 0.3) is 0 Å². The molecule has 24 heavy (non-hydrogen) atoms. The van der Waals surface area contributed by atoms with Gasteiger partial charge in [-0.25, -0.2) is 0 Å². The molecule has 0 saturated carbocycles. The van der Waals surface area contributed by atoms with Crippen LogP contribution in [0.4, 0.5) is 0 Å². The molecule has 0 bridgehead atoms. The van der Waals surface area contributed by atoms with E-state index in [1.807, 2.05) is 6.07 Å². The van der Waals surface area contributed by atoms with Crippen molar-refractivity contribution in [2.45, 2.75) is 45.4 Å². The zero-order valence-electron chi connectivity index (χ0n) is 13.6. The van der Waals surface area contributed by atoms with Gasteiger partial charge in [0.1, 0.15) is 0 Å². The van der Waals surface area contributed by atoms with Crippen molar-refractivity contribution in [1.82, 2.24) is 0 Å². The highest BCUT2D eigenvalue weighted by molar-refractivity contribution is 7.20. The molecule has 1 aliphatic rings. The van der Waals surface area contributed by atoms with Crippen molar-refractivity contribution in [1.29, 1.82) is 0 Å². The molecule has 0 aromatic carbocycles. The SMILES string of the molecule is CCCCCCCCOc1cc2c(s1)C(=O)C(=O)c1sc(O)cc1-2. The molecule has 0 saturated heterocycles. The Kier molecular flexibility index (Phi) is 5.36. The number of hydrogen-bond acceptors (Lipinski definition) is 6. The Balaban J connectivity index is 1.64. The number of ketones is 2. The topological polar surface area (TPSA) is 63.6 Å². The average Bonchev–Trinajstić information content (AvgIpc) is 3.15. The summed E-state index contributed by atoms with van der Waals surface area (Å²) in [6, 6.07) is 3.36. The van der Waals surface area contributed by atoms with E-state index in [1.54, 1.807) is 6.07 Å². The van der Waals surface area contributed by atoms with Gasteiger partial charge in [-0.2, -0.15) is 0 Å². The van der Waals surface area contributed by atoms with Crippen molar-refractivity contribution in [3.05, 3.63) is 21.9 Å². The molecule has 0 atom stereocenters. The maximum absolute atomic E-state index is 12.2. The van der Waals surface area contributed by atoms with Gasteiger partial charge in [0, 0.05) is 23.3 Å². The Hall–Kier alpha value is -1.66. The maximum atomic E-state index is 12.2. The normalized spacial score (nSPS) is 13.0. The van der Waals surface area contributed by atoms with Gasteiger partial charge in [-0.15, -0.1) is 0 Å². The standard InChI is InChI=1S/C18H20O4S2/c1-2-3-4-5-6-7-8-22-14-10-12-11-9-13(19)23-17(11)15(20)16(21)18(12)24-14/h9-10,19H,2-8H2,1H3. The summed E-state index contributed by atoms with van der Waals surface area (Å²) in [5.41, 5.74) is 1.34. The van der Waals surface area contributed by atoms with Gasteiger partial charge >= 0.3 is 0 Å². The number of carbonyl (C=O) groups excluding carboxylic acids is 2. The largest absolute Gasteiger partial charge is 0.499 e. The third-order valence-corrected chi connectivity index (χ3v) is 6.06. The van der Waals surface area contributed by atoms with E-state index in [0.29, 0.717) is 32.6 Å². The summed E-state index contributed by atoms with van der Waals surface area (Å²) >= 11 is 2.18. The third kappa shape index (κ3) is 3.39. The summed E-state index contributed by atoms with van der Waals surface area (Å²) in [6.07, 6.45) is 7.15. The summed E-state index contributed by atoms with van der Waals surface area (Å²) in [5.74, 6) is -1.04. The lowest BCUT2D eigenvalue weighted by Gasteiger charge is -2.08. The molecule has 0 aliphatic heterocycles. The second-order valence-corrected chi connectivity index (χ2v) is 7.96. The molecule has 1 N–H and O–H groups in total. The molecule has 1 aliphatic carbocycles. The first-order valence-corrected chi connectivity index (χ1v) is 9.94. The van der Waals surface area contributed by atoms with Crippen LogP contribution in [0.25, 0.3) is 11.1 Å². The van der Waals surface area contributed by atoms with Crippen molar-refractivity contribution >= 4 is 34.2 Å². The van der Waals surface area contributed by atoms with Crippen LogP contribution in [0.3, 0.4) is 0 Å². The van der Waals surface area contributed by atoms with Gasteiger partial charge in [-0.3, -0.25) is 9.59 Å². The van der Waals surface area contributed by atoms with Gasteiger partial charge < -0.3 is 9.84 Å². The van der Waals surface area contributed by atoms with Gasteiger partial charge in [0.15, 0.2) is 10.1 Å². The van der Waals surface area contributed by atoms with E-state index in [4.69, 9.17) is 4.74 Å². The molecule has 6 heteroatoms. The lowest BCUT2D eigenvalue weighted by Crippen LogP contribution is -2.17. The minimum Gasteiger partial charge on any atom is -0.499 e. The van der Waals surface area contributed by atoms with E-state index in [-0.39, 0.29) is 5.06 Å². The van der Waals surface area contributed by atoms with E-state index in [0.717, 1.165) is 24.2 Å². The van der Waals surface area contributed by atoms with Gasteiger partial charge in [0.2, 0.25) is 11.6 Å². The predicted molar refractivity (Wildman–Crippen MR) is 96.8 cm³/mol. The molecule has 0 unspecified atom stereocenters. The first-order chi connectivity index (χ1) is 11.6. The molecule has 0 radical (unpaired) electrons. The van der Waals surface area contributed by atoms with E-state index >= 15 is 0 Å². The minimum absolute atomic E-state index is 0.0507. The summed E-state index contributed by atoms with van der Waals surface area (Å²) in [5, 5.41) is 10.4. The third-order valence-electron chi connectivity index (χ3n) is 4.08. The average molecular weight is 364 g/mol. The molecule has 0 amide bonds. The van der Waals surface area contributed by atoms with Crippen molar-refractivity contribution in [2.24, 2.45) is 0 Å². The first kappa shape index (κ1) is 17.2. The fraction of sp³-hybridized carbons (Fsp3) is 0.444. The van der Waals surface area contributed by atoms with Crippen molar-refractivity contribution < 1.29 is 19.4 Å². The monoisotopic (exact) mass is 364 g/mol. The van der Waals surface area contributed by atoms with Crippen LogP contribution in [-0.4, -0.2) is 23.3 Å². The van der Waals surface area contributed by atoms with Crippen LogP contribution in [0.15, 0.2) is 12.1 Å². The Labute approximate surface area is 149 Å². The fourth-order valence-corrected chi connectivity index (χ4v) is 4.65. The van der Waals surface area contributed by atoms with Crippen molar-refractivity contribution in [3.8, 4) is 21.3 Å². The van der Waals surface area contributed by atoms with E-state index in [9.17, 15) is 14.7 Å². The predicted octanol–water partition coefficient (Wildman–Crippen LogP) is 5.30. The highest BCUT2D eigenvalue weighted by Gasteiger charge is 2.35. The number of Topliss-reactive ketones (excluding diaryl/α,β-unsaturated/α-hetero) is 2. The number of aromatic hydroxyl groups is 1. The van der Waals surface area contributed by atoms with Gasteiger partial charge in [-0.1, -0.05) is 61.7 Å².